The molecule has 0 saturated carbocycles. The van der Waals surface area contributed by atoms with Crippen LogP contribution >= 0.6 is 15.9 Å². The number of halogens is 1. The Balaban J connectivity index is 2.12. The maximum atomic E-state index is 3.50. The van der Waals surface area contributed by atoms with E-state index in [4.69, 9.17) is 0 Å². The maximum absolute atomic E-state index is 3.50. The summed E-state index contributed by atoms with van der Waals surface area (Å²) in [5.74, 6) is 0.802. The topological polar surface area (TPSA) is 15.3 Å². The van der Waals surface area contributed by atoms with E-state index in [-0.39, 0.29) is 5.54 Å². The van der Waals surface area contributed by atoms with Crippen LogP contribution in [0.4, 0.5) is 5.69 Å². The number of nitrogens with one attached hydrogen (secondary N) is 1. The van der Waals surface area contributed by atoms with Gasteiger partial charge in [-0.2, -0.15) is 0 Å². The van der Waals surface area contributed by atoms with Crippen LogP contribution in [0.25, 0.3) is 0 Å². The molecule has 0 aliphatic carbocycles. The molecule has 0 spiro atoms. The highest BCUT2D eigenvalue weighted by molar-refractivity contribution is 9.10. The van der Waals surface area contributed by atoms with Gasteiger partial charge in [0.25, 0.3) is 0 Å². The van der Waals surface area contributed by atoms with Gasteiger partial charge in [0.1, 0.15) is 0 Å². The van der Waals surface area contributed by atoms with Crippen LogP contribution in [-0.4, -0.2) is 25.7 Å². The zero-order chi connectivity index (χ0) is 13.2. The van der Waals surface area contributed by atoms with Gasteiger partial charge in [-0.15, -0.1) is 0 Å². The molecule has 1 fully saturated rings. The first-order valence-corrected chi connectivity index (χ1v) is 7.50. The van der Waals surface area contributed by atoms with Crippen molar-refractivity contribution < 1.29 is 0 Å². The third-order valence-electron chi connectivity index (χ3n) is 3.91. The van der Waals surface area contributed by atoms with Gasteiger partial charge < -0.3 is 10.2 Å². The fourth-order valence-corrected chi connectivity index (χ4v) is 3.36. The molecule has 1 aliphatic rings. The van der Waals surface area contributed by atoms with E-state index in [1.807, 2.05) is 7.05 Å². The number of benzene rings is 1. The standard InChI is InChI=1S/C15H23BrN2/c1-15(2)10-12(11-17-3)8-9-18(15)14-6-4-13(16)5-7-14/h4-7,12,17H,8-11H2,1-3H3. The number of anilines is 1. The SMILES string of the molecule is CNCC1CCN(c2ccc(Br)cc2)C(C)(C)C1. The Morgan fingerprint density at radius 3 is 2.56 bits per heavy atom. The second-order valence-corrected chi connectivity index (χ2v) is 6.77. The molecule has 0 amide bonds. The van der Waals surface area contributed by atoms with E-state index < -0.39 is 0 Å². The highest BCUT2D eigenvalue weighted by Gasteiger charge is 2.34. The molecule has 0 radical (unpaired) electrons. The van der Waals surface area contributed by atoms with Crippen LogP contribution in [0.2, 0.25) is 0 Å². The minimum Gasteiger partial charge on any atom is -0.366 e. The molecule has 2 rings (SSSR count). The van der Waals surface area contributed by atoms with Crippen molar-refractivity contribution in [3.63, 3.8) is 0 Å². The molecule has 3 heteroatoms. The van der Waals surface area contributed by atoms with Gasteiger partial charge in [0, 0.05) is 22.2 Å². The van der Waals surface area contributed by atoms with Gasteiger partial charge >= 0.3 is 0 Å². The van der Waals surface area contributed by atoms with Crippen LogP contribution in [0.1, 0.15) is 26.7 Å². The smallest absolute Gasteiger partial charge is 0.0371 e. The summed E-state index contributed by atoms with van der Waals surface area (Å²) < 4.78 is 1.15. The van der Waals surface area contributed by atoms with Crippen LogP contribution in [0.15, 0.2) is 28.7 Å². The first kappa shape index (κ1) is 13.9. The van der Waals surface area contributed by atoms with Crippen molar-refractivity contribution >= 4 is 21.6 Å². The lowest BCUT2D eigenvalue weighted by atomic mass is 9.82. The second-order valence-electron chi connectivity index (χ2n) is 5.86. The summed E-state index contributed by atoms with van der Waals surface area (Å²) in [6, 6.07) is 8.69. The van der Waals surface area contributed by atoms with Crippen molar-refractivity contribution in [3.05, 3.63) is 28.7 Å². The Bertz CT molecular complexity index is 386. The lowest BCUT2D eigenvalue weighted by molar-refractivity contribution is 0.270. The van der Waals surface area contributed by atoms with E-state index >= 15 is 0 Å². The summed E-state index contributed by atoms with van der Waals surface area (Å²) in [4.78, 5) is 2.55. The minimum atomic E-state index is 0.244. The quantitative estimate of drug-likeness (QED) is 0.916. The summed E-state index contributed by atoms with van der Waals surface area (Å²) in [5, 5.41) is 3.31. The largest absolute Gasteiger partial charge is 0.366 e. The normalized spacial score (nSPS) is 23.1. The zero-order valence-electron chi connectivity index (χ0n) is 11.5. The molecule has 0 aromatic heterocycles. The number of nitrogens with zero attached hydrogens (tertiary/aromatic N) is 1. The van der Waals surface area contributed by atoms with Crippen molar-refractivity contribution in [2.24, 2.45) is 5.92 Å². The molecular formula is C15H23BrN2. The number of hydrogen-bond acceptors (Lipinski definition) is 2. The monoisotopic (exact) mass is 310 g/mol. The Kier molecular flexibility index (Phi) is 4.33. The second kappa shape index (κ2) is 5.62. The van der Waals surface area contributed by atoms with Crippen molar-refractivity contribution in [1.29, 1.82) is 0 Å². The lowest BCUT2D eigenvalue weighted by Gasteiger charge is -2.47. The van der Waals surface area contributed by atoms with E-state index in [0.29, 0.717) is 0 Å². The first-order valence-electron chi connectivity index (χ1n) is 6.71. The third kappa shape index (κ3) is 3.07. The molecule has 1 heterocycles. The summed E-state index contributed by atoms with van der Waals surface area (Å²) >= 11 is 3.50. The molecule has 100 valence electrons. The fourth-order valence-electron chi connectivity index (χ4n) is 3.10. The Hall–Kier alpha value is -0.540. The lowest BCUT2D eigenvalue weighted by Crippen LogP contribution is -2.51. The molecule has 18 heavy (non-hydrogen) atoms. The molecule has 1 N–H and O–H groups in total. The first-order chi connectivity index (χ1) is 8.53. The van der Waals surface area contributed by atoms with Gasteiger partial charge in [-0.1, -0.05) is 15.9 Å². The molecule has 1 saturated heterocycles. The summed E-state index contributed by atoms with van der Waals surface area (Å²) in [7, 11) is 2.05. The zero-order valence-corrected chi connectivity index (χ0v) is 13.1. The van der Waals surface area contributed by atoms with Crippen LogP contribution < -0.4 is 10.2 Å². The molecule has 1 aromatic rings. The van der Waals surface area contributed by atoms with Gasteiger partial charge in [-0.3, -0.25) is 0 Å². The van der Waals surface area contributed by atoms with Gasteiger partial charge in [-0.25, -0.2) is 0 Å². The molecule has 1 unspecified atom stereocenters. The fraction of sp³-hybridized carbons (Fsp3) is 0.600. The number of hydrogen-bond donors (Lipinski definition) is 1. The molecular weight excluding hydrogens is 288 g/mol. The molecule has 1 aliphatic heterocycles. The maximum Gasteiger partial charge on any atom is 0.0371 e. The van der Waals surface area contributed by atoms with Crippen molar-refractivity contribution in [3.8, 4) is 0 Å². The summed E-state index contributed by atoms with van der Waals surface area (Å²) in [6.07, 6.45) is 2.53. The highest BCUT2D eigenvalue weighted by Crippen LogP contribution is 2.35. The van der Waals surface area contributed by atoms with E-state index in [1.165, 1.54) is 18.5 Å². The molecule has 1 aromatic carbocycles. The summed E-state index contributed by atoms with van der Waals surface area (Å²) in [5.41, 5.74) is 1.58. The van der Waals surface area contributed by atoms with Crippen LogP contribution in [0.5, 0.6) is 0 Å². The van der Waals surface area contributed by atoms with E-state index in [2.05, 4.69) is 64.3 Å². The predicted molar refractivity (Wildman–Crippen MR) is 82.2 cm³/mol. The van der Waals surface area contributed by atoms with Crippen LogP contribution in [-0.2, 0) is 0 Å². The van der Waals surface area contributed by atoms with Crippen LogP contribution in [0, 0.1) is 5.92 Å². The number of piperidine rings is 1. The predicted octanol–water partition coefficient (Wildman–Crippen LogP) is 3.66. The third-order valence-corrected chi connectivity index (χ3v) is 4.44. The molecule has 2 nitrogen and oxygen atoms in total. The Morgan fingerprint density at radius 1 is 1.33 bits per heavy atom. The average molecular weight is 311 g/mol. The van der Waals surface area contributed by atoms with Gasteiger partial charge in [0.15, 0.2) is 0 Å². The minimum absolute atomic E-state index is 0.244. The van der Waals surface area contributed by atoms with E-state index in [1.54, 1.807) is 0 Å². The molecule has 1 atom stereocenters. The van der Waals surface area contributed by atoms with Gasteiger partial charge in [0.05, 0.1) is 0 Å². The highest BCUT2D eigenvalue weighted by atomic mass is 79.9. The van der Waals surface area contributed by atoms with Gasteiger partial charge in [0.2, 0.25) is 0 Å². The number of rotatable bonds is 3. The van der Waals surface area contributed by atoms with Crippen molar-refractivity contribution in [1.82, 2.24) is 5.32 Å². The van der Waals surface area contributed by atoms with Crippen molar-refractivity contribution in [2.45, 2.75) is 32.2 Å². The Morgan fingerprint density at radius 2 is 2.00 bits per heavy atom. The van der Waals surface area contributed by atoms with Gasteiger partial charge in [-0.05, 0) is 70.5 Å². The van der Waals surface area contributed by atoms with E-state index in [0.717, 1.165) is 23.5 Å². The van der Waals surface area contributed by atoms with E-state index in [9.17, 15) is 0 Å². The van der Waals surface area contributed by atoms with Crippen LogP contribution in [0.3, 0.4) is 0 Å². The Labute approximate surface area is 119 Å². The average Bonchev–Trinajstić information content (AvgIpc) is 2.30. The molecule has 0 bridgehead atoms. The van der Waals surface area contributed by atoms with Crippen molar-refractivity contribution in [2.75, 3.05) is 25.0 Å². The summed E-state index contributed by atoms with van der Waals surface area (Å²) in [6.45, 7) is 7.01.